The Hall–Kier alpha value is -1.75. The van der Waals surface area contributed by atoms with E-state index in [1.165, 1.54) is 6.20 Å². The first kappa shape index (κ1) is 14.7. The van der Waals surface area contributed by atoms with Crippen molar-refractivity contribution in [1.82, 2.24) is 4.98 Å². The molecule has 20 heavy (non-hydrogen) atoms. The van der Waals surface area contributed by atoms with Gasteiger partial charge in [-0.3, -0.25) is 0 Å². The van der Waals surface area contributed by atoms with Gasteiger partial charge in [-0.25, -0.2) is 4.98 Å². The zero-order chi connectivity index (χ0) is 14.6. The molecular formula is C14H12ClF3N2. The van der Waals surface area contributed by atoms with Crippen molar-refractivity contribution in [2.24, 2.45) is 0 Å². The maximum atomic E-state index is 12.7. The standard InChI is InChI=1S/C14H12ClF3N2/c15-13-11(7-4-8-19-13)20-12(9-14(16,17)18)10-5-2-1-3-6-10/h1-8,12,20H,9H2. The molecule has 0 fully saturated rings. The second-order valence-electron chi connectivity index (χ2n) is 4.27. The molecule has 2 aromatic rings. The first-order valence-electron chi connectivity index (χ1n) is 5.94. The third-order valence-corrected chi connectivity index (χ3v) is 3.03. The molecule has 1 N–H and O–H groups in total. The first-order chi connectivity index (χ1) is 9.46. The van der Waals surface area contributed by atoms with Crippen LogP contribution < -0.4 is 5.32 Å². The molecule has 0 aliphatic heterocycles. The number of hydrogen-bond acceptors (Lipinski definition) is 2. The monoisotopic (exact) mass is 300 g/mol. The lowest BCUT2D eigenvalue weighted by molar-refractivity contribution is -0.137. The predicted molar refractivity (Wildman–Crippen MR) is 72.7 cm³/mol. The molecule has 0 amide bonds. The zero-order valence-corrected chi connectivity index (χ0v) is 11.1. The summed E-state index contributed by atoms with van der Waals surface area (Å²) in [5, 5.41) is 2.95. The Bertz CT molecular complexity index is 558. The Balaban J connectivity index is 2.26. The van der Waals surface area contributed by atoms with Gasteiger partial charge in [-0.15, -0.1) is 0 Å². The van der Waals surface area contributed by atoms with Crippen LogP contribution in [0.1, 0.15) is 18.0 Å². The Kier molecular flexibility index (Phi) is 4.49. The van der Waals surface area contributed by atoms with Crippen molar-refractivity contribution in [2.45, 2.75) is 18.6 Å². The number of benzene rings is 1. The van der Waals surface area contributed by atoms with Crippen molar-refractivity contribution in [1.29, 1.82) is 0 Å². The topological polar surface area (TPSA) is 24.9 Å². The van der Waals surface area contributed by atoms with Crippen LogP contribution in [0.25, 0.3) is 0 Å². The summed E-state index contributed by atoms with van der Waals surface area (Å²) in [4.78, 5) is 3.84. The van der Waals surface area contributed by atoms with E-state index in [0.29, 0.717) is 11.3 Å². The Morgan fingerprint density at radius 3 is 2.40 bits per heavy atom. The van der Waals surface area contributed by atoms with Gasteiger partial charge >= 0.3 is 6.18 Å². The number of aromatic nitrogens is 1. The molecule has 1 aromatic heterocycles. The molecule has 106 valence electrons. The number of nitrogens with zero attached hydrogens (tertiary/aromatic N) is 1. The fourth-order valence-corrected chi connectivity index (χ4v) is 2.02. The summed E-state index contributed by atoms with van der Waals surface area (Å²) in [7, 11) is 0. The summed E-state index contributed by atoms with van der Waals surface area (Å²) in [6.45, 7) is 0. The first-order valence-corrected chi connectivity index (χ1v) is 6.32. The fourth-order valence-electron chi connectivity index (χ4n) is 1.85. The van der Waals surface area contributed by atoms with Crippen molar-refractivity contribution < 1.29 is 13.2 Å². The summed E-state index contributed by atoms with van der Waals surface area (Å²) >= 11 is 5.87. The molecule has 6 heteroatoms. The highest BCUT2D eigenvalue weighted by atomic mass is 35.5. The molecule has 2 nitrogen and oxygen atoms in total. The number of anilines is 1. The molecule has 2 rings (SSSR count). The van der Waals surface area contributed by atoms with Gasteiger partial charge in [0.25, 0.3) is 0 Å². The minimum absolute atomic E-state index is 0.149. The van der Waals surface area contributed by atoms with Crippen molar-refractivity contribution in [2.75, 3.05) is 5.32 Å². The van der Waals surface area contributed by atoms with Crippen LogP contribution in [0.3, 0.4) is 0 Å². The second-order valence-corrected chi connectivity index (χ2v) is 4.63. The number of hydrogen-bond donors (Lipinski definition) is 1. The van der Waals surface area contributed by atoms with Crippen molar-refractivity contribution >= 4 is 17.3 Å². The third kappa shape index (κ3) is 4.13. The van der Waals surface area contributed by atoms with Gasteiger partial charge in [0.05, 0.1) is 18.2 Å². The van der Waals surface area contributed by atoms with E-state index in [0.717, 1.165) is 0 Å². The van der Waals surface area contributed by atoms with Crippen LogP contribution in [0.15, 0.2) is 48.7 Å². The van der Waals surface area contributed by atoms with E-state index in [1.807, 2.05) is 0 Å². The fraction of sp³-hybridized carbons (Fsp3) is 0.214. The number of halogens is 4. The number of alkyl halides is 3. The Morgan fingerprint density at radius 2 is 1.80 bits per heavy atom. The van der Waals surface area contributed by atoms with Gasteiger partial charge in [0.1, 0.15) is 0 Å². The maximum Gasteiger partial charge on any atom is 0.391 e. The SMILES string of the molecule is FC(F)(F)CC(Nc1cccnc1Cl)c1ccccc1. The van der Waals surface area contributed by atoms with Crippen LogP contribution >= 0.6 is 11.6 Å². The zero-order valence-electron chi connectivity index (χ0n) is 10.4. The van der Waals surface area contributed by atoms with E-state index in [2.05, 4.69) is 10.3 Å². The molecular weight excluding hydrogens is 289 g/mol. The van der Waals surface area contributed by atoms with E-state index in [9.17, 15) is 13.2 Å². The molecule has 1 heterocycles. The quantitative estimate of drug-likeness (QED) is 0.817. The molecule has 0 aliphatic rings. The number of nitrogens with one attached hydrogen (secondary N) is 1. The van der Waals surface area contributed by atoms with Crippen LogP contribution in [0.4, 0.5) is 18.9 Å². The molecule has 1 atom stereocenters. The normalized spacial score (nSPS) is 13.0. The third-order valence-electron chi connectivity index (χ3n) is 2.73. The van der Waals surface area contributed by atoms with E-state index < -0.39 is 18.6 Å². The predicted octanol–water partition coefficient (Wildman–Crippen LogP) is 4.84. The highest BCUT2D eigenvalue weighted by Gasteiger charge is 2.32. The summed E-state index contributed by atoms with van der Waals surface area (Å²) in [6, 6.07) is 10.8. The molecule has 0 radical (unpaired) electrons. The second kappa shape index (κ2) is 6.13. The van der Waals surface area contributed by atoms with Gasteiger partial charge in [0.15, 0.2) is 5.15 Å². The van der Waals surface area contributed by atoms with Gasteiger partial charge in [-0.1, -0.05) is 41.9 Å². The van der Waals surface area contributed by atoms with Crippen LogP contribution in [-0.4, -0.2) is 11.2 Å². The summed E-state index contributed by atoms with van der Waals surface area (Å²) in [5.41, 5.74) is 0.928. The van der Waals surface area contributed by atoms with E-state index in [1.54, 1.807) is 42.5 Å². The Morgan fingerprint density at radius 1 is 1.10 bits per heavy atom. The average Bonchev–Trinajstić information content (AvgIpc) is 2.40. The van der Waals surface area contributed by atoms with Crippen molar-refractivity contribution in [3.63, 3.8) is 0 Å². The number of rotatable bonds is 4. The smallest absolute Gasteiger partial charge is 0.375 e. The van der Waals surface area contributed by atoms with Gasteiger partial charge in [-0.2, -0.15) is 13.2 Å². The molecule has 1 aromatic carbocycles. The molecule has 1 unspecified atom stereocenters. The summed E-state index contributed by atoms with van der Waals surface area (Å²) < 4.78 is 38.1. The molecule has 0 bridgehead atoms. The van der Waals surface area contributed by atoms with E-state index in [4.69, 9.17) is 11.6 Å². The summed E-state index contributed by atoms with van der Waals surface area (Å²) in [5.74, 6) is 0. The van der Waals surface area contributed by atoms with Gasteiger partial charge < -0.3 is 5.32 Å². The average molecular weight is 301 g/mol. The van der Waals surface area contributed by atoms with Crippen LogP contribution in [-0.2, 0) is 0 Å². The molecule has 0 aliphatic carbocycles. The van der Waals surface area contributed by atoms with Crippen LogP contribution in [0, 0.1) is 0 Å². The molecule has 0 saturated carbocycles. The lowest BCUT2D eigenvalue weighted by Crippen LogP contribution is -2.20. The van der Waals surface area contributed by atoms with Crippen LogP contribution in [0.5, 0.6) is 0 Å². The minimum Gasteiger partial charge on any atom is -0.375 e. The molecule has 0 saturated heterocycles. The highest BCUT2D eigenvalue weighted by molar-refractivity contribution is 6.31. The highest BCUT2D eigenvalue weighted by Crippen LogP contribution is 2.33. The van der Waals surface area contributed by atoms with E-state index in [-0.39, 0.29) is 5.15 Å². The maximum absolute atomic E-state index is 12.7. The van der Waals surface area contributed by atoms with Gasteiger partial charge in [0.2, 0.25) is 0 Å². The van der Waals surface area contributed by atoms with Crippen molar-refractivity contribution in [3.05, 3.63) is 59.4 Å². The Labute approximate surface area is 119 Å². The van der Waals surface area contributed by atoms with Crippen LogP contribution in [0.2, 0.25) is 5.15 Å². The van der Waals surface area contributed by atoms with Crippen molar-refractivity contribution in [3.8, 4) is 0 Å². The lowest BCUT2D eigenvalue weighted by atomic mass is 10.0. The van der Waals surface area contributed by atoms with E-state index >= 15 is 0 Å². The number of pyridine rings is 1. The van der Waals surface area contributed by atoms with Gasteiger partial charge in [0, 0.05) is 6.20 Å². The largest absolute Gasteiger partial charge is 0.391 e. The molecule has 0 spiro atoms. The summed E-state index contributed by atoms with van der Waals surface area (Å²) in [6.07, 6.45) is -3.78. The van der Waals surface area contributed by atoms with Gasteiger partial charge in [-0.05, 0) is 17.7 Å². The minimum atomic E-state index is -4.28. The lowest BCUT2D eigenvalue weighted by Gasteiger charge is -2.22.